The lowest BCUT2D eigenvalue weighted by Gasteiger charge is -2.36. The molecule has 3 aromatic rings. The second-order valence-electron chi connectivity index (χ2n) is 8.73. The number of aromatic nitrogens is 2. The van der Waals surface area contributed by atoms with Crippen LogP contribution < -0.4 is 0 Å². The Morgan fingerprint density at radius 3 is 2.74 bits per heavy atom. The minimum Gasteiger partial charge on any atom is -0.337 e. The lowest BCUT2D eigenvalue weighted by molar-refractivity contribution is -0.140. The van der Waals surface area contributed by atoms with Gasteiger partial charge in [0.25, 0.3) is 0 Å². The van der Waals surface area contributed by atoms with Crippen LogP contribution in [0.3, 0.4) is 0 Å². The molecule has 0 spiro atoms. The van der Waals surface area contributed by atoms with Crippen molar-refractivity contribution in [1.82, 2.24) is 19.3 Å². The maximum atomic E-state index is 13.6. The molecule has 10 heteroatoms. The zero-order valence-electron chi connectivity index (χ0n) is 19.7. The van der Waals surface area contributed by atoms with Crippen molar-refractivity contribution in [2.75, 3.05) is 13.1 Å². The Morgan fingerprint density at radius 2 is 2.06 bits per heavy atom. The van der Waals surface area contributed by atoms with E-state index in [1.165, 1.54) is 15.6 Å². The molecule has 1 saturated heterocycles. The van der Waals surface area contributed by atoms with Crippen molar-refractivity contribution < 1.29 is 17.7 Å². The molecule has 8 nitrogen and oxygen atoms in total. The van der Waals surface area contributed by atoms with Crippen LogP contribution in [-0.4, -0.2) is 52.8 Å². The van der Waals surface area contributed by atoms with Gasteiger partial charge in [-0.3, -0.25) is 4.79 Å². The monoisotopic (exact) mass is 502 g/mol. The van der Waals surface area contributed by atoms with Gasteiger partial charge < -0.3 is 9.42 Å². The zero-order chi connectivity index (χ0) is 24.3. The maximum Gasteiger partial charge on any atom is 0.246 e. The van der Waals surface area contributed by atoms with Gasteiger partial charge in [0.2, 0.25) is 27.6 Å². The van der Waals surface area contributed by atoms with E-state index in [4.69, 9.17) is 4.52 Å². The van der Waals surface area contributed by atoms with Crippen LogP contribution in [0.5, 0.6) is 0 Å². The van der Waals surface area contributed by atoms with Crippen LogP contribution in [0.15, 0.2) is 51.2 Å². The molecule has 1 aliphatic heterocycles. The average Bonchev–Trinajstić information content (AvgIpc) is 3.54. The van der Waals surface area contributed by atoms with E-state index in [0.717, 1.165) is 16.9 Å². The topological polar surface area (TPSA) is 96.6 Å². The van der Waals surface area contributed by atoms with Crippen LogP contribution in [-0.2, 0) is 21.4 Å². The Labute approximate surface area is 204 Å². The van der Waals surface area contributed by atoms with E-state index in [9.17, 15) is 13.2 Å². The van der Waals surface area contributed by atoms with Gasteiger partial charge in [-0.1, -0.05) is 35.8 Å². The van der Waals surface area contributed by atoms with Crippen molar-refractivity contribution in [3.8, 4) is 10.7 Å². The summed E-state index contributed by atoms with van der Waals surface area (Å²) >= 11 is 1.52. The summed E-state index contributed by atoms with van der Waals surface area (Å²) < 4.78 is 33.3. The third kappa shape index (κ3) is 5.24. The molecule has 0 N–H and O–H groups in total. The number of aryl methyl sites for hydroxylation is 1. The summed E-state index contributed by atoms with van der Waals surface area (Å²) in [5, 5.41) is 6.00. The normalized spacial score (nSPS) is 18.0. The molecular formula is C24H30N4O4S2. The summed E-state index contributed by atoms with van der Waals surface area (Å²) in [6, 6.07) is 10.6. The van der Waals surface area contributed by atoms with Gasteiger partial charge in [-0.2, -0.15) is 9.29 Å². The highest BCUT2D eigenvalue weighted by molar-refractivity contribution is 7.89. The number of nitrogens with zero attached hydrogens (tertiary/aromatic N) is 4. The number of sulfonamides is 1. The molecule has 34 heavy (non-hydrogen) atoms. The fraction of sp³-hybridized carbons (Fsp3) is 0.458. The number of thiophene rings is 1. The van der Waals surface area contributed by atoms with Gasteiger partial charge in [0.15, 0.2) is 0 Å². The summed E-state index contributed by atoms with van der Waals surface area (Å²) in [5.41, 5.74) is 0.998. The van der Waals surface area contributed by atoms with Crippen molar-refractivity contribution >= 4 is 27.3 Å². The minimum atomic E-state index is -3.65. The highest BCUT2D eigenvalue weighted by Crippen LogP contribution is 2.27. The average molecular weight is 503 g/mol. The lowest BCUT2D eigenvalue weighted by Crippen LogP contribution is -2.48. The molecule has 0 unspecified atom stereocenters. The van der Waals surface area contributed by atoms with Crippen molar-refractivity contribution in [2.24, 2.45) is 5.92 Å². The number of carbonyl (C=O) groups excluding carboxylic acids is 1. The highest BCUT2D eigenvalue weighted by Gasteiger charge is 2.36. The Hall–Kier alpha value is -2.56. The second-order valence-corrected chi connectivity index (χ2v) is 11.6. The minimum absolute atomic E-state index is 0.0475. The van der Waals surface area contributed by atoms with Gasteiger partial charge in [0.1, 0.15) is 6.54 Å². The van der Waals surface area contributed by atoms with Gasteiger partial charge in [0, 0.05) is 19.1 Å². The fourth-order valence-electron chi connectivity index (χ4n) is 4.10. The molecule has 1 aliphatic rings. The Balaban J connectivity index is 1.50. The van der Waals surface area contributed by atoms with Crippen LogP contribution in [0.1, 0.15) is 44.6 Å². The summed E-state index contributed by atoms with van der Waals surface area (Å²) in [5.74, 6) is 0.392. The number of hydrogen-bond acceptors (Lipinski definition) is 7. The number of amides is 1. The lowest BCUT2D eigenvalue weighted by atomic mass is 9.97. The molecule has 0 saturated carbocycles. The number of rotatable bonds is 8. The third-order valence-electron chi connectivity index (χ3n) is 6.31. The first-order valence-corrected chi connectivity index (χ1v) is 13.8. The number of piperidine rings is 1. The van der Waals surface area contributed by atoms with Crippen LogP contribution in [0.2, 0.25) is 0 Å². The maximum absolute atomic E-state index is 13.6. The van der Waals surface area contributed by atoms with Gasteiger partial charge >= 0.3 is 0 Å². The largest absolute Gasteiger partial charge is 0.337 e. The molecule has 0 bridgehead atoms. The van der Waals surface area contributed by atoms with Gasteiger partial charge in [0.05, 0.1) is 15.7 Å². The summed E-state index contributed by atoms with van der Waals surface area (Å²) in [6.07, 6.45) is 2.05. The van der Waals surface area contributed by atoms with E-state index in [0.29, 0.717) is 31.1 Å². The summed E-state index contributed by atoms with van der Waals surface area (Å²) in [7, 11) is -3.65. The molecule has 182 valence electrons. The molecule has 1 aromatic carbocycles. The van der Waals surface area contributed by atoms with Crippen LogP contribution in [0.4, 0.5) is 0 Å². The molecule has 1 amide bonds. The van der Waals surface area contributed by atoms with Crippen LogP contribution >= 0.6 is 11.3 Å². The number of hydrogen-bond donors (Lipinski definition) is 0. The zero-order valence-corrected chi connectivity index (χ0v) is 21.3. The summed E-state index contributed by atoms with van der Waals surface area (Å²) in [6.45, 7) is 6.71. The molecule has 2 aromatic heterocycles. The molecular weight excluding hydrogens is 472 g/mol. The summed E-state index contributed by atoms with van der Waals surface area (Å²) in [4.78, 5) is 21.0. The Bertz CT molecular complexity index is 1210. The fourth-order valence-corrected chi connectivity index (χ4v) is 6.27. The number of benzene rings is 1. The first-order chi connectivity index (χ1) is 16.3. The molecule has 3 heterocycles. The smallest absolute Gasteiger partial charge is 0.246 e. The van der Waals surface area contributed by atoms with E-state index < -0.39 is 15.9 Å². The van der Waals surface area contributed by atoms with Gasteiger partial charge in [-0.05, 0) is 56.7 Å². The molecule has 0 radical (unpaired) electrons. The second kappa shape index (κ2) is 10.4. The third-order valence-corrected chi connectivity index (χ3v) is 9.06. The van der Waals surface area contributed by atoms with Crippen LogP contribution in [0, 0.1) is 12.8 Å². The first-order valence-electron chi connectivity index (χ1n) is 11.5. The van der Waals surface area contributed by atoms with E-state index >= 15 is 0 Å². The molecule has 4 rings (SSSR count). The molecule has 1 fully saturated rings. The first kappa shape index (κ1) is 24.6. The van der Waals surface area contributed by atoms with Crippen LogP contribution in [0.25, 0.3) is 10.7 Å². The van der Waals surface area contributed by atoms with Gasteiger partial charge in [-0.15, -0.1) is 11.3 Å². The molecule has 0 aliphatic carbocycles. The standard InChI is InChI=1S/C24H30N4O4S2/c1-4-18(3)28(16-22-25-23(26-32-22)21-8-6-14-33-21)24(29)19-7-5-13-27(15-19)34(30,31)20-11-9-17(2)10-12-20/h6,8-12,14,18-19H,4-5,7,13,15-16H2,1-3H3/t18-,19-/m0/s1. The van der Waals surface area contributed by atoms with E-state index in [1.54, 1.807) is 29.2 Å². The molecule has 2 atom stereocenters. The van der Waals surface area contributed by atoms with E-state index in [2.05, 4.69) is 10.1 Å². The van der Waals surface area contributed by atoms with E-state index in [-0.39, 0.29) is 29.9 Å². The SMILES string of the molecule is CC[C@H](C)N(Cc1nc(-c2cccs2)no1)C(=O)[C@H]1CCCN(S(=O)(=O)c2ccc(C)cc2)C1. The van der Waals surface area contributed by atoms with Crippen molar-refractivity contribution in [2.45, 2.75) is 57.5 Å². The van der Waals surface area contributed by atoms with Crippen molar-refractivity contribution in [1.29, 1.82) is 0 Å². The predicted molar refractivity (Wildman–Crippen MR) is 131 cm³/mol. The predicted octanol–water partition coefficient (Wildman–Crippen LogP) is 4.33. The quantitative estimate of drug-likeness (QED) is 0.455. The van der Waals surface area contributed by atoms with Crippen molar-refractivity contribution in [3.63, 3.8) is 0 Å². The number of carbonyl (C=O) groups is 1. The highest BCUT2D eigenvalue weighted by atomic mass is 32.2. The van der Waals surface area contributed by atoms with E-state index in [1.807, 2.05) is 38.3 Å². The Morgan fingerprint density at radius 1 is 1.29 bits per heavy atom. The van der Waals surface area contributed by atoms with Gasteiger partial charge in [-0.25, -0.2) is 8.42 Å². The Kier molecular flexibility index (Phi) is 7.49. The van der Waals surface area contributed by atoms with Crippen molar-refractivity contribution in [3.05, 3.63) is 53.2 Å².